The third-order valence-electron chi connectivity index (χ3n) is 5.81. The van der Waals surface area contributed by atoms with Crippen molar-refractivity contribution in [2.24, 2.45) is 5.73 Å². The van der Waals surface area contributed by atoms with Crippen molar-refractivity contribution in [3.8, 4) is 0 Å². The van der Waals surface area contributed by atoms with Crippen molar-refractivity contribution < 1.29 is 9.59 Å². The van der Waals surface area contributed by atoms with Gasteiger partial charge in [-0.25, -0.2) is 0 Å². The van der Waals surface area contributed by atoms with Crippen LogP contribution in [0.2, 0.25) is 5.02 Å². The van der Waals surface area contributed by atoms with Crippen molar-refractivity contribution in [1.82, 2.24) is 15.5 Å². The van der Waals surface area contributed by atoms with Gasteiger partial charge in [-0.3, -0.25) is 15.0 Å². The Hall–Kier alpha value is -2.12. The highest BCUT2D eigenvalue weighted by molar-refractivity contribution is 6.34. The van der Waals surface area contributed by atoms with Crippen LogP contribution in [-0.4, -0.2) is 47.7 Å². The fourth-order valence-electron chi connectivity index (χ4n) is 4.17. The Morgan fingerprint density at radius 1 is 1.17 bits per heavy atom. The van der Waals surface area contributed by atoms with Gasteiger partial charge in [0, 0.05) is 24.7 Å². The molecular weight excluding hydrogens is 390 g/mol. The summed E-state index contributed by atoms with van der Waals surface area (Å²) in [7, 11) is 0. The lowest BCUT2D eigenvalue weighted by atomic mass is 9.95. The Morgan fingerprint density at radius 3 is 2.62 bits per heavy atom. The van der Waals surface area contributed by atoms with E-state index in [2.05, 4.69) is 10.6 Å². The maximum absolute atomic E-state index is 12.7. The largest absolute Gasteiger partial charge is 0.384 e. The number of likely N-dealkylation sites (tertiary alicyclic amines) is 1. The van der Waals surface area contributed by atoms with Crippen molar-refractivity contribution in [2.75, 3.05) is 13.1 Å². The molecule has 2 amide bonds. The number of carbonyl (C=O) groups is 2. The number of benzene rings is 1. The van der Waals surface area contributed by atoms with E-state index in [0.717, 1.165) is 24.8 Å². The summed E-state index contributed by atoms with van der Waals surface area (Å²) in [6.07, 6.45) is 7.50. The van der Waals surface area contributed by atoms with Crippen LogP contribution < -0.4 is 16.4 Å². The molecule has 0 aromatic heterocycles. The summed E-state index contributed by atoms with van der Waals surface area (Å²) in [6, 6.07) is 5.17. The lowest BCUT2D eigenvalue weighted by molar-refractivity contribution is -0.138. The van der Waals surface area contributed by atoms with Gasteiger partial charge in [-0.2, -0.15) is 0 Å². The fourth-order valence-corrected chi connectivity index (χ4v) is 4.48. The average Bonchev–Trinajstić information content (AvgIpc) is 3.21. The standard InChI is InChI=1S/C21H30ClN5O2/c22-17-11-14(8-9-16(17)20(23)24)12-26-21(29)18-7-4-10-27(18)19(28)13-25-15-5-2-1-3-6-15/h8-9,11,15,18,25H,1-7,10,12-13H2,(H3,23,24)(H,26,29)/t18-/m1/s1. The zero-order valence-corrected chi connectivity index (χ0v) is 17.4. The van der Waals surface area contributed by atoms with Crippen LogP contribution in [0.25, 0.3) is 0 Å². The van der Waals surface area contributed by atoms with E-state index in [9.17, 15) is 9.59 Å². The molecular formula is C21H30ClN5O2. The van der Waals surface area contributed by atoms with E-state index in [-0.39, 0.29) is 17.6 Å². The monoisotopic (exact) mass is 419 g/mol. The zero-order valence-electron chi connectivity index (χ0n) is 16.7. The summed E-state index contributed by atoms with van der Waals surface area (Å²) >= 11 is 6.14. The third kappa shape index (κ3) is 5.70. The number of nitrogens with zero attached hydrogens (tertiary/aromatic N) is 1. The Labute approximate surface area is 176 Å². The van der Waals surface area contributed by atoms with Crippen molar-refractivity contribution >= 4 is 29.3 Å². The number of carbonyl (C=O) groups excluding carboxylic acids is 2. The third-order valence-corrected chi connectivity index (χ3v) is 6.13. The van der Waals surface area contributed by atoms with Gasteiger partial charge in [0.05, 0.1) is 11.6 Å². The molecule has 2 fully saturated rings. The molecule has 5 N–H and O–H groups in total. The van der Waals surface area contributed by atoms with E-state index in [1.165, 1.54) is 19.3 Å². The van der Waals surface area contributed by atoms with Crippen molar-refractivity contribution in [1.29, 1.82) is 5.41 Å². The molecule has 0 bridgehead atoms. The summed E-state index contributed by atoms with van der Waals surface area (Å²) in [4.78, 5) is 27.0. The van der Waals surface area contributed by atoms with Crippen LogP contribution in [0.4, 0.5) is 0 Å². The molecule has 3 rings (SSSR count). The van der Waals surface area contributed by atoms with Gasteiger partial charge in [0.1, 0.15) is 11.9 Å². The quantitative estimate of drug-likeness (QED) is 0.400. The minimum Gasteiger partial charge on any atom is -0.384 e. The summed E-state index contributed by atoms with van der Waals surface area (Å²) in [5.74, 6) is -0.227. The van der Waals surface area contributed by atoms with Gasteiger partial charge in [-0.15, -0.1) is 0 Å². The molecule has 0 unspecified atom stereocenters. The zero-order chi connectivity index (χ0) is 20.8. The van der Waals surface area contributed by atoms with Gasteiger partial charge in [0.2, 0.25) is 11.8 Å². The van der Waals surface area contributed by atoms with Gasteiger partial charge < -0.3 is 21.3 Å². The van der Waals surface area contributed by atoms with Crippen LogP contribution in [0.1, 0.15) is 56.1 Å². The van der Waals surface area contributed by atoms with Crippen LogP contribution in [0.15, 0.2) is 18.2 Å². The Morgan fingerprint density at radius 2 is 1.93 bits per heavy atom. The number of rotatable bonds is 7. The van der Waals surface area contributed by atoms with Crippen molar-refractivity contribution in [2.45, 2.75) is 63.6 Å². The second-order valence-corrected chi connectivity index (χ2v) is 8.31. The van der Waals surface area contributed by atoms with E-state index >= 15 is 0 Å². The van der Waals surface area contributed by atoms with Gasteiger partial charge in [-0.1, -0.05) is 36.9 Å². The Kier molecular flexibility index (Phi) is 7.50. The molecule has 1 atom stereocenters. The molecule has 158 valence electrons. The molecule has 0 radical (unpaired) electrons. The molecule has 1 aromatic rings. The van der Waals surface area contributed by atoms with Gasteiger partial charge >= 0.3 is 0 Å². The van der Waals surface area contributed by atoms with Crippen LogP contribution >= 0.6 is 11.6 Å². The van der Waals surface area contributed by atoms with E-state index in [0.29, 0.717) is 42.7 Å². The highest BCUT2D eigenvalue weighted by Gasteiger charge is 2.33. The summed E-state index contributed by atoms with van der Waals surface area (Å²) < 4.78 is 0. The summed E-state index contributed by atoms with van der Waals surface area (Å²) in [5, 5.41) is 14.1. The first-order chi connectivity index (χ1) is 14.0. The number of hydrogen-bond donors (Lipinski definition) is 4. The van der Waals surface area contributed by atoms with Gasteiger partial charge in [0.15, 0.2) is 0 Å². The predicted octanol–water partition coefficient (Wildman–Crippen LogP) is 2.15. The SMILES string of the molecule is N=C(N)c1ccc(CNC(=O)[C@H]2CCCN2C(=O)CNC2CCCCC2)cc1Cl. The maximum Gasteiger partial charge on any atom is 0.243 e. The van der Waals surface area contributed by atoms with Crippen LogP contribution in [0.5, 0.6) is 0 Å². The number of nitrogens with two attached hydrogens (primary N) is 1. The molecule has 29 heavy (non-hydrogen) atoms. The Balaban J connectivity index is 1.50. The second-order valence-electron chi connectivity index (χ2n) is 7.91. The Bertz CT molecular complexity index is 763. The maximum atomic E-state index is 12.7. The van der Waals surface area contributed by atoms with E-state index in [4.69, 9.17) is 22.7 Å². The predicted molar refractivity (Wildman–Crippen MR) is 114 cm³/mol. The molecule has 1 heterocycles. The number of halogens is 1. The molecule has 7 nitrogen and oxygen atoms in total. The first-order valence-electron chi connectivity index (χ1n) is 10.4. The van der Waals surface area contributed by atoms with E-state index < -0.39 is 6.04 Å². The number of amides is 2. The van der Waals surface area contributed by atoms with Gasteiger partial charge in [-0.05, 0) is 43.4 Å². The molecule has 1 aliphatic heterocycles. The molecule has 0 spiro atoms. The van der Waals surface area contributed by atoms with Crippen molar-refractivity contribution in [3.63, 3.8) is 0 Å². The van der Waals surface area contributed by atoms with Crippen LogP contribution in [0, 0.1) is 5.41 Å². The average molecular weight is 420 g/mol. The summed E-state index contributed by atoms with van der Waals surface area (Å²) in [5.41, 5.74) is 6.77. The van der Waals surface area contributed by atoms with Gasteiger partial charge in [0.25, 0.3) is 0 Å². The molecule has 8 heteroatoms. The lowest BCUT2D eigenvalue weighted by Gasteiger charge is -2.27. The summed E-state index contributed by atoms with van der Waals surface area (Å²) in [6.45, 7) is 1.24. The molecule has 1 saturated carbocycles. The topological polar surface area (TPSA) is 111 Å². The number of nitrogens with one attached hydrogen (secondary N) is 3. The number of nitrogen functional groups attached to an aromatic ring is 1. The minimum atomic E-state index is -0.414. The van der Waals surface area contributed by atoms with Crippen LogP contribution in [-0.2, 0) is 16.1 Å². The molecule has 1 saturated heterocycles. The van der Waals surface area contributed by atoms with E-state index in [1.807, 2.05) is 0 Å². The molecule has 1 aromatic carbocycles. The highest BCUT2D eigenvalue weighted by Crippen LogP contribution is 2.20. The molecule has 1 aliphatic carbocycles. The first-order valence-corrected chi connectivity index (χ1v) is 10.8. The number of hydrogen-bond acceptors (Lipinski definition) is 4. The highest BCUT2D eigenvalue weighted by atomic mass is 35.5. The number of amidine groups is 1. The molecule has 2 aliphatic rings. The normalized spacial score (nSPS) is 19.9. The second kappa shape index (κ2) is 10.1. The first kappa shape index (κ1) is 21.6. The smallest absolute Gasteiger partial charge is 0.243 e. The van der Waals surface area contributed by atoms with Crippen LogP contribution in [0.3, 0.4) is 0 Å². The lowest BCUT2D eigenvalue weighted by Crippen LogP contribution is -2.49. The van der Waals surface area contributed by atoms with Crippen molar-refractivity contribution in [3.05, 3.63) is 34.3 Å². The fraction of sp³-hybridized carbons (Fsp3) is 0.571. The minimum absolute atomic E-state index is 0.00193. The van der Waals surface area contributed by atoms with E-state index in [1.54, 1.807) is 23.1 Å².